The lowest BCUT2D eigenvalue weighted by Crippen LogP contribution is -2.32. The Morgan fingerprint density at radius 2 is 1.94 bits per heavy atom. The number of rotatable bonds is 4. The van der Waals surface area contributed by atoms with Gasteiger partial charge >= 0.3 is 0 Å². The van der Waals surface area contributed by atoms with E-state index in [1.165, 1.54) is 12.8 Å². The SMILES string of the molecule is CN1CCC(COc2ccc(C(N)=O)cc2)CC1. The molecule has 1 saturated heterocycles. The molecule has 0 spiro atoms. The van der Waals surface area contributed by atoms with E-state index in [9.17, 15) is 4.79 Å². The van der Waals surface area contributed by atoms with Crippen molar-refractivity contribution in [3.05, 3.63) is 29.8 Å². The number of ether oxygens (including phenoxy) is 1. The molecule has 0 aliphatic carbocycles. The first-order valence-corrected chi connectivity index (χ1v) is 6.36. The Balaban J connectivity index is 1.81. The summed E-state index contributed by atoms with van der Waals surface area (Å²) in [6.07, 6.45) is 2.38. The van der Waals surface area contributed by atoms with Gasteiger partial charge in [0, 0.05) is 5.56 Å². The van der Waals surface area contributed by atoms with Gasteiger partial charge in [-0.05, 0) is 63.2 Å². The van der Waals surface area contributed by atoms with Crippen molar-refractivity contribution < 1.29 is 9.53 Å². The molecule has 0 saturated carbocycles. The summed E-state index contributed by atoms with van der Waals surface area (Å²) < 4.78 is 5.74. The van der Waals surface area contributed by atoms with Crippen LogP contribution in [0.25, 0.3) is 0 Å². The first kappa shape index (κ1) is 12.9. The van der Waals surface area contributed by atoms with E-state index in [-0.39, 0.29) is 0 Å². The van der Waals surface area contributed by atoms with Crippen molar-refractivity contribution in [3.63, 3.8) is 0 Å². The molecule has 1 aromatic rings. The highest BCUT2D eigenvalue weighted by Gasteiger charge is 2.17. The number of primary amides is 1. The second-order valence-corrected chi connectivity index (χ2v) is 4.95. The molecule has 0 atom stereocenters. The molecule has 1 aliphatic rings. The second kappa shape index (κ2) is 5.87. The number of hydrogen-bond acceptors (Lipinski definition) is 3. The number of carbonyl (C=O) groups excluding carboxylic acids is 1. The Labute approximate surface area is 108 Å². The van der Waals surface area contributed by atoms with Crippen molar-refractivity contribution in [2.24, 2.45) is 11.7 Å². The fourth-order valence-corrected chi connectivity index (χ4v) is 2.16. The van der Waals surface area contributed by atoms with Crippen LogP contribution in [0, 0.1) is 5.92 Å². The minimum Gasteiger partial charge on any atom is -0.493 e. The first-order valence-electron chi connectivity index (χ1n) is 6.36. The zero-order valence-electron chi connectivity index (χ0n) is 10.8. The number of carbonyl (C=O) groups is 1. The largest absolute Gasteiger partial charge is 0.493 e. The Hall–Kier alpha value is -1.55. The highest BCUT2D eigenvalue weighted by molar-refractivity contribution is 5.92. The van der Waals surface area contributed by atoms with Crippen molar-refractivity contribution >= 4 is 5.91 Å². The van der Waals surface area contributed by atoms with E-state index in [2.05, 4.69) is 11.9 Å². The molecule has 1 fully saturated rings. The summed E-state index contributed by atoms with van der Waals surface area (Å²) >= 11 is 0. The molecule has 1 heterocycles. The molecular formula is C14H20N2O2. The molecule has 0 aromatic heterocycles. The molecular weight excluding hydrogens is 228 g/mol. The number of likely N-dealkylation sites (tertiary alicyclic amines) is 1. The van der Waals surface area contributed by atoms with Gasteiger partial charge in [-0.15, -0.1) is 0 Å². The van der Waals surface area contributed by atoms with Gasteiger partial charge in [-0.3, -0.25) is 4.79 Å². The highest BCUT2D eigenvalue weighted by Crippen LogP contribution is 2.18. The van der Waals surface area contributed by atoms with Gasteiger partial charge < -0.3 is 15.4 Å². The van der Waals surface area contributed by atoms with Crippen LogP contribution in [-0.2, 0) is 0 Å². The van der Waals surface area contributed by atoms with E-state index in [0.29, 0.717) is 11.5 Å². The third-order valence-corrected chi connectivity index (χ3v) is 3.46. The Morgan fingerprint density at radius 3 is 2.50 bits per heavy atom. The van der Waals surface area contributed by atoms with Crippen LogP contribution in [0.1, 0.15) is 23.2 Å². The molecule has 2 N–H and O–H groups in total. The average Bonchev–Trinajstić information content (AvgIpc) is 2.38. The van der Waals surface area contributed by atoms with E-state index in [1.54, 1.807) is 24.3 Å². The number of hydrogen-bond donors (Lipinski definition) is 1. The maximum atomic E-state index is 10.9. The molecule has 4 nitrogen and oxygen atoms in total. The normalized spacial score (nSPS) is 17.6. The molecule has 1 aliphatic heterocycles. The monoisotopic (exact) mass is 248 g/mol. The van der Waals surface area contributed by atoms with Gasteiger partial charge in [-0.25, -0.2) is 0 Å². The van der Waals surface area contributed by atoms with E-state index < -0.39 is 5.91 Å². The predicted molar refractivity (Wildman–Crippen MR) is 70.7 cm³/mol. The van der Waals surface area contributed by atoms with Crippen LogP contribution >= 0.6 is 0 Å². The van der Waals surface area contributed by atoms with Crippen LogP contribution in [0.4, 0.5) is 0 Å². The van der Waals surface area contributed by atoms with Gasteiger partial charge in [-0.2, -0.15) is 0 Å². The van der Waals surface area contributed by atoms with Gasteiger partial charge in [0.15, 0.2) is 0 Å². The summed E-state index contributed by atoms with van der Waals surface area (Å²) in [6.45, 7) is 3.05. The lowest BCUT2D eigenvalue weighted by molar-refractivity contribution is 0.1000. The van der Waals surface area contributed by atoms with E-state index in [0.717, 1.165) is 25.4 Å². The number of amides is 1. The number of nitrogens with zero attached hydrogens (tertiary/aromatic N) is 1. The van der Waals surface area contributed by atoms with Crippen LogP contribution in [0.5, 0.6) is 5.75 Å². The van der Waals surface area contributed by atoms with Gasteiger partial charge in [0.2, 0.25) is 5.91 Å². The van der Waals surface area contributed by atoms with Crippen LogP contribution in [0.15, 0.2) is 24.3 Å². The third-order valence-electron chi connectivity index (χ3n) is 3.46. The standard InChI is InChI=1S/C14H20N2O2/c1-16-8-6-11(7-9-16)10-18-13-4-2-12(3-5-13)14(15)17/h2-5,11H,6-10H2,1H3,(H2,15,17). The van der Waals surface area contributed by atoms with Crippen molar-refractivity contribution in [3.8, 4) is 5.75 Å². The minimum absolute atomic E-state index is 0.406. The smallest absolute Gasteiger partial charge is 0.248 e. The van der Waals surface area contributed by atoms with Crippen LogP contribution in [0.3, 0.4) is 0 Å². The summed E-state index contributed by atoms with van der Waals surface area (Å²) in [5.41, 5.74) is 5.70. The van der Waals surface area contributed by atoms with Gasteiger partial charge in [0.05, 0.1) is 6.61 Å². The molecule has 0 unspecified atom stereocenters. The first-order chi connectivity index (χ1) is 8.65. The van der Waals surface area contributed by atoms with Crippen molar-refractivity contribution in [1.29, 1.82) is 0 Å². The Kier molecular flexibility index (Phi) is 4.20. The average molecular weight is 248 g/mol. The third kappa shape index (κ3) is 3.47. The predicted octanol–water partition coefficient (Wildman–Crippen LogP) is 1.51. The van der Waals surface area contributed by atoms with Crippen LogP contribution in [0.2, 0.25) is 0 Å². The fraction of sp³-hybridized carbons (Fsp3) is 0.500. The molecule has 4 heteroatoms. The Bertz CT molecular complexity index is 395. The fourth-order valence-electron chi connectivity index (χ4n) is 2.16. The maximum Gasteiger partial charge on any atom is 0.248 e. The summed E-state index contributed by atoms with van der Waals surface area (Å²) in [4.78, 5) is 13.3. The Morgan fingerprint density at radius 1 is 1.33 bits per heavy atom. The van der Waals surface area contributed by atoms with E-state index >= 15 is 0 Å². The molecule has 1 aromatic carbocycles. The topological polar surface area (TPSA) is 55.6 Å². The van der Waals surface area contributed by atoms with Crippen LogP contribution < -0.4 is 10.5 Å². The molecule has 98 valence electrons. The summed E-state index contributed by atoms with van der Waals surface area (Å²) in [5.74, 6) is 1.04. The summed E-state index contributed by atoms with van der Waals surface area (Å²) in [7, 11) is 2.15. The minimum atomic E-state index is -0.406. The van der Waals surface area contributed by atoms with Gasteiger partial charge in [0.25, 0.3) is 0 Å². The number of nitrogens with two attached hydrogens (primary N) is 1. The van der Waals surface area contributed by atoms with Gasteiger partial charge in [-0.1, -0.05) is 0 Å². The lowest BCUT2D eigenvalue weighted by atomic mass is 9.98. The lowest BCUT2D eigenvalue weighted by Gasteiger charge is -2.28. The zero-order chi connectivity index (χ0) is 13.0. The number of piperidine rings is 1. The molecule has 18 heavy (non-hydrogen) atoms. The van der Waals surface area contributed by atoms with Crippen molar-refractivity contribution in [2.75, 3.05) is 26.7 Å². The van der Waals surface area contributed by atoms with E-state index in [1.807, 2.05) is 0 Å². The summed E-state index contributed by atoms with van der Waals surface area (Å²) in [6, 6.07) is 7.00. The maximum absolute atomic E-state index is 10.9. The van der Waals surface area contributed by atoms with Crippen LogP contribution in [-0.4, -0.2) is 37.6 Å². The zero-order valence-corrected chi connectivity index (χ0v) is 10.8. The molecule has 0 bridgehead atoms. The molecule has 0 radical (unpaired) electrons. The molecule has 1 amide bonds. The van der Waals surface area contributed by atoms with E-state index in [4.69, 9.17) is 10.5 Å². The number of benzene rings is 1. The molecule has 2 rings (SSSR count). The highest BCUT2D eigenvalue weighted by atomic mass is 16.5. The van der Waals surface area contributed by atoms with Gasteiger partial charge in [0.1, 0.15) is 5.75 Å². The second-order valence-electron chi connectivity index (χ2n) is 4.95. The summed E-state index contributed by atoms with van der Waals surface area (Å²) in [5, 5.41) is 0. The van der Waals surface area contributed by atoms with Crippen molar-refractivity contribution in [2.45, 2.75) is 12.8 Å². The quantitative estimate of drug-likeness (QED) is 0.878. The van der Waals surface area contributed by atoms with Crippen molar-refractivity contribution in [1.82, 2.24) is 4.90 Å².